The lowest BCUT2D eigenvalue weighted by molar-refractivity contribution is 0.690. The van der Waals surface area contributed by atoms with Crippen molar-refractivity contribution in [2.45, 2.75) is 46.1 Å². The van der Waals surface area contributed by atoms with Crippen LogP contribution in [0.3, 0.4) is 0 Å². The third-order valence-electron chi connectivity index (χ3n) is 2.45. The fraction of sp³-hybridized carbons (Fsp3) is 0.615. The number of nitrogens with one attached hydrogen (secondary N) is 2. The normalized spacial score (nSPS) is 12.2. The van der Waals surface area contributed by atoms with E-state index in [0.717, 1.165) is 24.3 Å². The van der Waals surface area contributed by atoms with Crippen LogP contribution in [-0.4, -0.2) is 17.6 Å². The van der Waals surface area contributed by atoms with Crippen LogP contribution in [0.25, 0.3) is 0 Å². The highest BCUT2D eigenvalue weighted by molar-refractivity contribution is 5.54. The van der Waals surface area contributed by atoms with Crippen molar-refractivity contribution >= 4 is 11.4 Å². The number of aromatic nitrogens is 1. The number of rotatable bonds is 7. The van der Waals surface area contributed by atoms with Gasteiger partial charge in [0.1, 0.15) is 0 Å². The molecule has 3 nitrogen and oxygen atoms in total. The monoisotopic (exact) mass is 221 g/mol. The van der Waals surface area contributed by atoms with Crippen molar-refractivity contribution in [3.63, 3.8) is 0 Å². The van der Waals surface area contributed by atoms with Crippen LogP contribution in [0.5, 0.6) is 0 Å². The van der Waals surface area contributed by atoms with Crippen LogP contribution in [0, 0.1) is 0 Å². The minimum absolute atomic E-state index is 0.508. The molecule has 2 N–H and O–H groups in total. The molecule has 0 saturated heterocycles. The molecule has 16 heavy (non-hydrogen) atoms. The van der Waals surface area contributed by atoms with Gasteiger partial charge in [0, 0.05) is 12.6 Å². The maximum atomic E-state index is 4.23. The second kappa shape index (κ2) is 7.09. The number of hydrogen-bond acceptors (Lipinski definition) is 3. The standard InChI is InChI=1S/C13H23N3/c1-4-6-11(3)16-13-8-12(9-14-10-13)15-7-5-2/h8-11,15-16H,4-7H2,1-3H3. The summed E-state index contributed by atoms with van der Waals surface area (Å²) in [7, 11) is 0. The second-order valence-electron chi connectivity index (χ2n) is 4.22. The molecule has 1 heterocycles. The lowest BCUT2D eigenvalue weighted by atomic mass is 10.2. The summed E-state index contributed by atoms with van der Waals surface area (Å²) in [6, 6.07) is 2.63. The molecule has 0 fully saturated rings. The molecule has 0 aliphatic carbocycles. The highest BCUT2D eigenvalue weighted by Gasteiger charge is 2.01. The molecule has 1 aromatic heterocycles. The number of hydrogen-bond donors (Lipinski definition) is 2. The van der Waals surface area contributed by atoms with Crippen molar-refractivity contribution in [2.75, 3.05) is 17.2 Å². The minimum Gasteiger partial charge on any atom is -0.384 e. The Balaban J connectivity index is 2.52. The summed E-state index contributed by atoms with van der Waals surface area (Å²) in [5.74, 6) is 0. The van der Waals surface area contributed by atoms with Gasteiger partial charge >= 0.3 is 0 Å². The summed E-state index contributed by atoms with van der Waals surface area (Å²) >= 11 is 0. The highest BCUT2D eigenvalue weighted by atomic mass is 14.9. The molecule has 0 spiro atoms. The number of anilines is 2. The van der Waals surface area contributed by atoms with E-state index in [2.05, 4.69) is 42.5 Å². The first-order valence-electron chi connectivity index (χ1n) is 6.21. The average molecular weight is 221 g/mol. The van der Waals surface area contributed by atoms with Gasteiger partial charge < -0.3 is 10.6 Å². The summed E-state index contributed by atoms with van der Waals surface area (Å²) in [4.78, 5) is 4.23. The van der Waals surface area contributed by atoms with Crippen LogP contribution in [0.15, 0.2) is 18.5 Å². The van der Waals surface area contributed by atoms with E-state index < -0.39 is 0 Å². The molecule has 1 rings (SSSR count). The average Bonchev–Trinajstić information content (AvgIpc) is 2.27. The molecule has 0 aromatic carbocycles. The van der Waals surface area contributed by atoms with Gasteiger partial charge in [0.05, 0.1) is 23.8 Å². The van der Waals surface area contributed by atoms with Crippen molar-refractivity contribution < 1.29 is 0 Å². The Morgan fingerprint density at radius 3 is 2.62 bits per heavy atom. The smallest absolute Gasteiger partial charge is 0.0549 e. The molecule has 0 bridgehead atoms. The van der Waals surface area contributed by atoms with Crippen molar-refractivity contribution in [1.82, 2.24) is 4.98 Å². The Morgan fingerprint density at radius 1 is 1.19 bits per heavy atom. The van der Waals surface area contributed by atoms with Gasteiger partial charge in [-0.05, 0) is 25.8 Å². The quantitative estimate of drug-likeness (QED) is 0.740. The van der Waals surface area contributed by atoms with Crippen molar-refractivity contribution in [3.05, 3.63) is 18.5 Å². The van der Waals surface area contributed by atoms with Crippen molar-refractivity contribution in [1.29, 1.82) is 0 Å². The predicted molar refractivity (Wildman–Crippen MR) is 71.0 cm³/mol. The fourth-order valence-corrected chi connectivity index (χ4v) is 1.67. The lowest BCUT2D eigenvalue weighted by Crippen LogP contribution is -2.14. The first kappa shape index (κ1) is 12.8. The van der Waals surface area contributed by atoms with Crippen LogP contribution in [0.2, 0.25) is 0 Å². The molecule has 0 amide bonds. The zero-order valence-corrected chi connectivity index (χ0v) is 10.6. The SMILES string of the molecule is CCCNc1cncc(NC(C)CCC)c1. The molecule has 0 aliphatic heterocycles. The molecule has 0 radical (unpaired) electrons. The zero-order valence-electron chi connectivity index (χ0n) is 10.6. The molecular formula is C13H23N3. The van der Waals surface area contributed by atoms with Gasteiger partial charge in [0.2, 0.25) is 0 Å². The molecule has 0 saturated carbocycles. The predicted octanol–water partition coefficient (Wildman–Crippen LogP) is 3.50. The maximum absolute atomic E-state index is 4.23. The maximum Gasteiger partial charge on any atom is 0.0549 e. The van der Waals surface area contributed by atoms with Crippen LogP contribution in [-0.2, 0) is 0 Å². The van der Waals surface area contributed by atoms with Gasteiger partial charge in [-0.1, -0.05) is 20.3 Å². The first-order valence-corrected chi connectivity index (χ1v) is 6.21. The fourth-order valence-electron chi connectivity index (χ4n) is 1.67. The highest BCUT2D eigenvalue weighted by Crippen LogP contribution is 2.14. The second-order valence-corrected chi connectivity index (χ2v) is 4.22. The Kier molecular flexibility index (Phi) is 5.68. The van der Waals surface area contributed by atoms with E-state index >= 15 is 0 Å². The van der Waals surface area contributed by atoms with E-state index in [1.165, 1.54) is 12.8 Å². The Morgan fingerprint density at radius 2 is 1.94 bits per heavy atom. The Labute approximate surface area is 98.7 Å². The van der Waals surface area contributed by atoms with E-state index in [0.29, 0.717) is 6.04 Å². The van der Waals surface area contributed by atoms with Gasteiger partial charge in [-0.2, -0.15) is 0 Å². The van der Waals surface area contributed by atoms with Gasteiger partial charge in [-0.15, -0.1) is 0 Å². The summed E-state index contributed by atoms with van der Waals surface area (Å²) in [5.41, 5.74) is 2.19. The molecule has 1 unspecified atom stereocenters. The number of pyridine rings is 1. The van der Waals surface area contributed by atoms with Gasteiger partial charge in [0.25, 0.3) is 0 Å². The third kappa shape index (κ3) is 4.51. The molecule has 3 heteroatoms. The lowest BCUT2D eigenvalue weighted by Gasteiger charge is -2.14. The zero-order chi connectivity index (χ0) is 11.8. The van der Waals surface area contributed by atoms with Crippen LogP contribution >= 0.6 is 0 Å². The van der Waals surface area contributed by atoms with Gasteiger partial charge in [-0.3, -0.25) is 4.98 Å². The summed E-state index contributed by atoms with van der Waals surface area (Å²) < 4.78 is 0. The molecule has 1 aromatic rings. The van der Waals surface area contributed by atoms with E-state index in [1.54, 1.807) is 0 Å². The number of nitrogens with zero attached hydrogens (tertiary/aromatic N) is 1. The van der Waals surface area contributed by atoms with E-state index in [-0.39, 0.29) is 0 Å². The van der Waals surface area contributed by atoms with Crippen LogP contribution in [0.4, 0.5) is 11.4 Å². The largest absolute Gasteiger partial charge is 0.384 e. The van der Waals surface area contributed by atoms with Gasteiger partial charge in [0.15, 0.2) is 0 Å². The van der Waals surface area contributed by atoms with E-state index in [1.807, 2.05) is 12.4 Å². The Bertz CT molecular complexity index is 299. The molecule has 1 atom stereocenters. The summed E-state index contributed by atoms with van der Waals surface area (Å²) in [6.45, 7) is 7.56. The van der Waals surface area contributed by atoms with Crippen molar-refractivity contribution in [2.24, 2.45) is 0 Å². The minimum atomic E-state index is 0.508. The molecular weight excluding hydrogens is 198 g/mol. The van der Waals surface area contributed by atoms with Gasteiger partial charge in [-0.25, -0.2) is 0 Å². The van der Waals surface area contributed by atoms with Crippen LogP contribution in [0.1, 0.15) is 40.0 Å². The van der Waals surface area contributed by atoms with Crippen LogP contribution < -0.4 is 10.6 Å². The molecule has 90 valence electrons. The molecule has 0 aliphatic rings. The Hall–Kier alpha value is -1.25. The third-order valence-corrected chi connectivity index (χ3v) is 2.45. The van der Waals surface area contributed by atoms with E-state index in [9.17, 15) is 0 Å². The van der Waals surface area contributed by atoms with Crippen molar-refractivity contribution in [3.8, 4) is 0 Å². The first-order chi connectivity index (χ1) is 7.76. The summed E-state index contributed by atoms with van der Waals surface area (Å²) in [5, 5.41) is 6.79. The summed E-state index contributed by atoms with van der Waals surface area (Å²) in [6.07, 6.45) is 7.26. The van der Waals surface area contributed by atoms with E-state index in [4.69, 9.17) is 0 Å². The topological polar surface area (TPSA) is 37.0 Å².